The summed E-state index contributed by atoms with van der Waals surface area (Å²) in [7, 11) is 0. The predicted octanol–water partition coefficient (Wildman–Crippen LogP) is 7.37. The van der Waals surface area contributed by atoms with Crippen molar-refractivity contribution in [3.8, 4) is 17.2 Å². The van der Waals surface area contributed by atoms with Crippen molar-refractivity contribution in [1.82, 2.24) is 4.90 Å². The van der Waals surface area contributed by atoms with Gasteiger partial charge in [-0.1, -0.05) is 52.8 Å². The Morgan fingerprint density at radius 2 is 1.73 bits per heavy atom. The lowest BCUT2D eigenvalue weighted by Crippen LogP contribution is -2.42. The maximum atomic E-state index is 14.9. The molecule has 10 atom stereocenters. The number of aliphatic hydroxyl groups is 1. The Balaban J connectivity index is 1.53. The molecule has 12 nitrogen and oxygen atoms in total. The molecule has 1 fully saturated rings. The van der Waals surface area contributed by atoms with Crippen LogP contribution in [0.3, 0.4) is 0 Å². The lowest BCUT2D eigenvalue weighted by molar-refractivity contribution is -0.156. The van der Waals surface area contributed by atoms with Crippen LogP contribution in [0.15, 0.2) is 33.8 Å². The van der Waals surface area contributed by atoms with Crippen molar-refractivity contribution < 1.29 is 39.2 Å². The molecule has 59 heavy (non-hydrogen) atoms. The molecule has 5 bridgehead atoms. The van der Waals surface area contributed by atoms with Gasteiger partial charge in [-0.3, -0.25) is 24.3 Å². The molecular formula is C47H66N4O8. The largest absolute Gasteiger partial charge is 0.507 e. The van der Waals surface area contributed by atoms with Crippen LogP contribution in [0.1, 0.15) is 137 Å². The summed E-state index contributed by atoms with van der Waals surface area (Å²) in [5.74, 6) is -2.35. The molecule has 2 aromatic rings. The minimum Gasteiger partial charge on any atom is -0.507 e. The first-order chi connectivity index (χ1) is 27.7. The third kappa shape index (κ3) is 8.41. The van der Waals surface area contributed by atoms with Crippen LogP contribution in [0.2, 0.25) is 0 Å². The maximum absolute atomic E-state index is 14.9. The summed E-state index contributed by atoms with van der Waals surface area (Å²) in [6.45, 7) is 21.8. The molecule has 1 amide bonds. The first-order valence-electron chi connectivity index (χ1n) is 21.8. The van der Waals surface area contributed by atoms with Crippen LogP contribution in [0.4, 0.5) is 5.69 Å². The van der Waals surface area contributed by atoms with Crippen LogP contribution < -0.4 is 20.8 Å². The van der Waals surface area contributed by atoms with Crippen LogP contribution in [0.5, 0.6) is 17.2 Å². The number of aliphatic hydroxyl groups excluding tert-OH is 1. The van der Waals surface area contributed by atoms with E-state index in [1.54, 1.807) is 32.9 Å². The van der Waals surface area contributed by atoms with Crippen molar-refractivity contribution >= 4 is 34.1 Å². The standard InChI is InChI=1S/C47H66N4O8/c1-12-21-51-28(6)18-19-32(51)23-47(11)49-36-33-34-40(54)30(8)43-35(33)44(56)46(10,59-43)20-14-17-25(3)42(58-31(9)52)29(7)39(53)27(5)22-24(2)15-13-16-26(4)45(57)48-38(41(34)55)37(36)50-47/h13,15-16,24-25,27-29,32,39,42,49,53-55H,12,14,17-23H2,1-11H3/b15-13+,26-16-,48-38?/t24-,25+,27+,28?,29+,32?,39+,42+,46+,47-/m0/s1. The number of aromatic hydroxyl groups is 2. The van der Waals surface area contributed by atoms with Crippen LogP contribution in [0, 0.1) is 30.6 Å². The number of carbonyl (C=O) groups is 3. The molecule has 4 N–H and O–H groups in total. The maximum Gasteiger partial charge on any atom is 0.302 e. The fraction of sp³-hybridized carbons (Fsp3) is 0.638. The van der Waals surface area contributed by atoms with Crippen LogP contribution in [0.25, 0.3) is 10.8 Å². The minimum absolute atomic E-state index is 0.00931. The van der Waals surface area contributed by atoms with Gasteiger partial charge in [-0.15, -0.1) is 0 Å². The van der Waals surface area contributed by atoms with E-state index in [1.165, 1.54) is 6.92 Å². The highest BCUT2D eigenvalue weighted by molar-refractivity contribution is 6.22. The van der Waals surface area contributed by atoms with E-state index in [9.17, 15) is 29.7 Å². The highest BCUT2D eigenvalue weighted by Crippen LogP contribution is 2.52. The lowest BCUT2D eigenvalue weighted by atomic mass is 9.79. The van der Waals surface area contributed by atoms with Crippen LogP contribution in [-0.2, 0) is 14.3 Å². The summed E-state index contributed by atoms with van der Waals surface area (Å²) < 4.78 is 12.4. The summed E-state index contributed by atoms with van der Waals surface area (Å²) in [6.07, 6.45) is 9.96. The number of rotatable bonds is 5. The van der Waals surface area contributed by atoms with Gasteiger partial charge in [-0.25, -0.2) is 4.99 Å². The number of phenolic OH excluding ortho intramolecular Hbond substituents is 2. The number of hydrogen-bond donors (Lipinski definition) is 4. The molecule has 0 radical (unpaired) electrons. The number of ketones is 1. The zero-order valence-electron chi connectivity index (χ0n) is 36.9. The van der Waals surface area contributed by atoms with E-state index in [0.29, 0.717) is 49.4 Å². The number of ether oxygens (including phenoxy) is 2. The van der Waals surface area contributed by atoms with E-state index in [4.69, 9.17) is 14.5 Å². The SMILES string of the molecule is CCCN1C(C)CCC1C[C@]1(C)N=c2c(c3c4c5c(C)c(O)c3c(O)c2=NC(=O)/C(C)=C\C=C\[C@H](C)C[C@@H](C)[C@@H](O)[C@@H](C)[C@H](OC(C)=O)[C@H](C)CCC[C@@](C)(O5)C4=O)N1. The number of hydrogen-bond acceptors (Lipinski definition) is 11. The average Bonchev–Trinajstić information content (AvgIpc) is 3.79. The van der Waals surface area contributed by atoms with E-state index in [0.717, 1.165) is 25.8 Å². The highest BCUT2D eigenvalue weighted by atomic mass is 16.5. The summed E-state index contributed by atoms with van der Waals surface area (Å²) in [6, 6.07) is 0.661. The number of phenols is 2. The summed E-state index contributed by atoms with van der Waals surface area (Å²) in [5, 5.41) is 39.7. The number of fused-ring (bicyclic) bond motifs is 13. The van der Waals surface area contributed by atoms with Crippen molar-refractivity contribution in [3.05, 3.63) is 45.6 Å². The zero-order valence-corrected chi connectivity index (χ0v) is 36.9. The number of carbonyl (C=O) groups excluding carboxylic acids is 3. The number of allylic oxidation sites excluding steroid dienone is 3. The van der Waals surface area contributed by atoms with E-state index in [2.05, 4.69) is 29.1 Å². The fourth-order valence-electron chi connectivity index (χ4n) is 10.3. The number of esters is 1. The van der Waals surface area contributed by atoms with Crippen molar-refractivity contribution in [3.63, 3.8) is 0 Å². The van der Waals surface area contributed by atoms with Gasteiger partial charge in [0.2, 0.25) is 5.78 Å². The van der Waals surface area contributed by atoms with E-state index in [1.807, 2.05) is 40.7 Å². The number of amides is 1. The Bertz CT molecular complexity index is 2200. The molecule has 0 aliphatic carbocycles. The molecule has 5 aliphatic rings. The molecule has 5 heterocycles. The minimum atomic E-state index is -1.31. The fourth-order valence-corrected chi connectivity index (χ4v) is 10.3. The third-order valence-electron chi connectivity index (χ3n) is 13.6. The first-order valence-corrected chi connectivity index (χ1v) is 21.8. The second-order valence-electron chi connectivity index (χ2n) is 18.7. The number of nitrogens with one attached hydrogen (secondary N) is 1. The van der Waals surface area contributed by atoms with Gasteiger partial charge in [0, 0.05) is 47.9 Å². The van der Waals surface area contributed by atoms with Gasteiger partial charge in [0.25, 0.3) is 5.91 Å². The van der Waals surface area contributed by atoms with Gasteiger partial charge in [0.05, 0.1) is 22.7 Å². The third-order valence-corrected chi connectivity index (χ3v) is 13.6. The van der Waals surface area contributed by atoms with Gasteiger partial charge in [-0.2, -0.15) is 0 Å². The number of likely N-dealkylation sites (tertiary alicyclic amines) is 1. The molecule has 0 spiro atoms. The van der Waals surface area contributed by atoms with Gasteiger partial charge in [-0.05, 0) is 104 Å². The van der Waals surface area contributed by atoms with Crippen molar-refractivity contribution in [2.45, 2.75) is 163 Å². The van der Waals surface area contributed by atoms with Crippen molar-refractivity contribution in [2.24, 2.45) is 33.7 Å². The smallest absolute Gasteiger partial charge is 0.302 e. The van der Waals surface area contributed by atoms with Gasteiger partial charge in [0.15, 0.2) is 11.4 Å². The normalized spacial score (nSPS) is 34.5. The summed E-state index contributed by atoms with van der Waals surface area (Å²) in [5.41, 5.74) is -0.942. The Hall–Kier alpha value is -4.29. The van der Waals surface area contributed by atoms with E-state index in [-0.39, 0.29) is 79.6 Å². The van der Waals surface area contributed by atoms with Crippen molar-refractivity contribution in [2.75, 3.05) is 11.9 Å². The molecule has 2 unspecified atom stereocenters. The molecular weight excluding hydrogens is 749 g/mol. The number of Topliss-reactive ketones (excluding diaryl/α,β-unsaturated/α-hetero) is 1. The van der Waals surface area contributed by atoms with E-state index >= 15 is 0 Å². The van der Waals surface area contributed by atoms with Crippen molar-refractivity contribution in [1.29, 1.82) is 0 Å². The number of anilines is 1. The molecule has 0 saturated carbocycles. The van der Waals surface area contributed by atoms with Gasteiger partial charge in [0.1, 0.15) is 34.0 Å². The number of benzene rings is 2. The molecule has 1 saturated heterocycles. The summed E-state index contributed by atoms with van der Waals surface area (Å²) >= 11 is 0. The molecule has 12 heteroatoms. The summed E-state index contributed by atoms with van der Waals surface area (Å²) in [4.78, 5) is 53.3. The highest BCUT2D eigenvalue weighted by Gasteiger charge is 2.49. The predicted molar refractivity (Wildman–Crippen MR) is 228 cm³/mol. The molecule has 0 aromatic heterocycles. The molecule has 7 rings (SSSR count). The number of nitrogens with zero attached hydrogens (tertiary/aromatic N) is 3. The Morgan fingerprint density at radius 1 is 1.02 bits per heavy atom. The Morgan fingerprint density at radius 3 is 2.41 bits per heavy atom. The zero-order chi connectivity index (χ0) is 43.3. The van der Waals surface area contributed by atoms with Gasteiger partial charge < -0.3 is 30.1 Å². The topological polar surface area (TPSA) is 170 Å². The van der Waals surface area contributed by atoms with Crippen LogP contribution >= 0.6 is 0 Å². The van der Waals surface area contributed by atoms with Crippen LogP contribution in [-0.4, -0.2) is 80.0 Å². The first kappa shape index (κ1) is 44.3. The molecule has 2 aromatic carbocycles. The van der Waals surface area contributed by atoms with Gasteiger partial charge >= 0.3 is 5.97 Å². The van der Waals surface area contributed by atoms with E-state index < -0.39 is 41.1 Å². The average molecular weight is 815 g/mol. The lowest BCUT2D eigenvalue weighted by Gasteiger charge is -2.35. The Kier molecular flexibility index (Phi) is 12.7. The monoisotopic (exact) mass is 814 g/mol. The second kappa shape index (κ2) is 17.0. The Labute approximate surface area is 348 Å². The second-order valence-corrected chi connectivity index (χ2v) is 18.7. The quantitative estimate of drug-likeness (QED) is 0.177. The molecule has 322 valence electrons. The molecule has 5 aliphatic heterocycles.